The molecule has 2 N–H and O–H groups in total. The van der Waals surface area contributed by atoms with Gasteiger partial charge in [-0.05, 0) is 33.6 Å². The summed E-state index contributed by atoms with van der Waals surface area (Å²) in [7, 11) is 0. The Labute approximate surface area is 164 Å². The first kappa shape index (κ1) is 27.6. The van der Waals surface area contributed by atoms with Crippen molar-refractivity contribution in [2.75, 3.05) is 25.6 Å². The van der Waals surface area contributed by atoms with Crippen LogP contribution in [0.15, 0.2) is 13.2 Å². The standard InChI is InChI=1S/C12H21NO2S.C6H14O2.C2H4/c13-8-10-11(15)9-16-12(10)6-4-2-1-3-5-7-14;1-4-7-6(3)8-5-2;1-2/h10-12,14-15H,1-7,9H2;6H,4-5H2,1-3H3;1-2H2. The van der Waals surface area contributed by atoms with Gasteiger partial charge in [-0.15, -0.1) is 13.2 Å². The largest absolute Gasteiger partial charge is 0.396 e. The molecule has 0 saturated carbocycles. The molecule has 6 heteroatoms. The van der Waals surface area contributed by atoms with Gasteiger partial charge < -0.3 is 19.7 Å². The third-order valence-electron chi connectivity index (χ3n) is 3.89. The zero-order valence-electron chi connectivity index (χ0n) is 16.9. The maximum absolute atomic E-state index is 9.56. The summed E-state index contributed by atoms with van der Waals surface area (Å²) in [5.41, 5.74) is 0. The Hall–Kier alpha value is -0.580. The van der Waals surface area contributed by atoms with Crippen molar-refractivity contribution in [1.29, 1.82) is 5.26 Å². The number of ether oxygens (including phenoxy) is 2. The smallest absolute Gasteiger partial charge is 0.154 e. The van der Waals surface area contributed by atoms with Crippen LogP contribution in [-0.4, -0.2) is 53.4 Å². The number of unbranched alkanes of at least 4 members (excludes halogenated alkanes) is 4. The molecule has 3 atom stereocenters. The van der Waals surface area contributed by atoms with Crippen LogP contribution in [0, 0.1) is 17.2 Å². The highest BCUT2D eigenvalue weighted by Crippen LogP contribution is 2.35. The molecule has 26 heavy (non-hydrogen) atoms. The van der Waals surface area contributed by atoms with E-state index in [1.165, 1.54) is 6.42 Å². The topological polar surface area (TPSA) is 82.7 Å². The van der Waals surface area contributed by atoms with Gasteiger partial charge in [0.2, 0.25) is 0 Å². The van der Waals surface area contributed by atoms with E-state index < -0.39 is 6.10 Å². The fourth-order valence-electron chi connectivity index (χ4n) is 2.61. The van der Waals surface area contributed by atoms with Crippen molar-refractivity contribution in [3.63, 3.8) is 0 Å². The fraction of sp³-hybridized carbons (Fsp3) is 0.850. The number of nitrogens with zero attached hydrogens (tertiary/aromatic N) is 1. The van der Waals surface area contributed by atoms with Crippen molar-refractivity contribution in [3.05, 3.63) is 13.2 Å². The molecule has 1 rings (SSSR count). The van der Waals surface area contributed by atoms with E-state index in [1.54, 1.807) is 11.8 Å². The van der Waals surface area contributed by atoms with Crippen LogP contribution in [0.1, 0.15) is 59.3 Å². The Bertz CT molecular complexity index is 332. The van der Waals surface area contributed by atoms with E-state index >= 15 is 0 Å². The predicted octanol–water partition coefficient (Wildman–Crippen LogP) is 4.14. The van der Waals surface area contributed by atoms with Crippen molar-refractivity contribution >= 4 is 11.8 Å². The Kier molecular flexibility index (Phi) is 22.0. The Morgan fingerprint density at radius 1 is 1.12 bits per heavy atom. The number of nitriles is 1. The van der Waals surface area contributed by atoms with Crippen LogP contribution in [0.4, 0.5) is 0 Å². The van der Waals surface area contributed by atoms with Crippen LogP contribution in [0.2, 0.25) is 0 Å². The number of hydrogen-bond acceptors (Lipinski definition) is 6. The van der Waals surface area contributed by atoms with Gasteiger partial charge in [0.25, 0.3) is 0 Å². The second-order valence-corrected chi connectivity index (χ2v) is 7.12. The lowest BCUT2D eigenvalue weighted by atomic mass is 9.97. The van der Waals surface area contributed by atoms with Gasteiger partial charge in [-0.3, -0.25) is 0 Å². The lowest BCUT2D eigenvalue weighted by molar-refractivity contribution is -0.123. The molecule has 1 heterocycles. The Balaban J connectivity index is 0. The first-order chi connectivity index (χ1) is 12.6. The molecule has 5 nitrogen and oxygen atoms in total. The van der Waals surface area contributed by atoms with Gasteiger partial charge in [0, 0.05) is 30.8 Å². The number of hydrogen-bond donors (Lipinski definition) is 2. The molecule has 154 valence electrons. The van der Waals surface area contributed by atoms with Crippen molar-refractivity contribution in [2.24, 2.45) is 5.92 Å². The highest BCUT2D eigenvalue weighted by atomic mass is 32.2. The van der Waals surface area contributed by atoms with Gasteiger partial charge in [-0.25, -0.2) is 0 Å². The molecule has 1 saturated heterocycles. The van der Waals surface area contributed by atoms with E-state index in [2.05, 4.69) is 19.2 Å². The highest BCUT2D eigenvalue weighted by molar-refractivity contribution is 8.00. The molecule has 3 unspecified atom stereocenters. The minimum atomic E-state index is -0.422. The number of rotatable bonds is 11. The molecule has 1 aliphatic rings. The van der Waals surface area contributed by atoms with Gasteiger partial charge in [0.1, 0.15) is 0 Å². The van der Waals surface area contributed by atoms with E-state index in [0.29, 0.717) is 17.6 Å². The third kappa shape index (κ3) is 14.6. The minimum absolute atomic E-state index is 0.0370. The molecule has 0 aliphatic carbocycles. The van der Waals surface area contributed by atoms with Gasteiger partial charge in [0.05, 0.1) is 18.1 Å². The lowest BCUT2D eigenvalue weighted by Crippen LogP contribution is -2.21. The van der Waals surface area contributed by atoms with Crippen molar-refractivity contribution in [2.45, 2.75) is 76.9 Å². The second kappa shape index (κ2) is 20.7. The summed E-state index contributed by atoms with van der Waals surface area (Å²) in [6.45, 7) is 13.5. The molecule has 0 bridgehead atoms. The van der Waals surface area contributed by atoms with Crippen LogP contribution in [-0.2, 0) is 9.47 Å². The van der Waals surface area contributed by atoms with Gasteiger partial charge in [0.15, 0.2) is 6.29 Å². The molecule has 1 aliphatic heterocycles. The quantitative estimate of drug-likeness (QED) is 0.314. The van der Waals surface area contributed by atoms with Gasteiger partial charge >= 0.3 is 0 Å². The molecule has 1 fully saturated rings. The summed E-state index contributed by atoms with van der Waals surface area (Å²) in [4.78, 5) is 0. The normalized spacial score (nSPS) is 21.3. The first-order valence-electron chi connectivity index (χ1n) is 9.63. The van der Waals surface area contributed by atoms with Crippen LogP contribution < -0.4 is 0 Å². The summed E-state index contributed by atoms with van der Waals surface area (Å²) in [6, 6.07) is 2.22. The summed E-state index contributed by atoms with van der Waals surface area (Å²) in [5, 5.41) is 27.4. The molecule has 0 spiro atoms. The Morgan fingerprint density at radius 3 is 2.15 bits per heavy atom. The molecule has 0 aromatic rings. The fourth-order valence-corrected chi connectivity index (χ4v) is 4.05. The van der Waals surface area contributed by atoms with E-state index in [4.69, 9.17) is 19.8 Å². The van der Waals surface area contributed by atoms with E-state index in [1.807, 2.05) is 20.8 Å². The monoisotopic (exact) mass is 389 g/mol. The van der Waals surface area contributed by atoms with Crippen molar-refractivity contribution in [3.8, 4) is 6.07 Å². The zero-order valence-corrected chi connectivity index (χ0v) is 17.7. The lowest BCUT2D eigenvalue weighted by Gasteiger charge is -2.13. The maximum Gasteiger partial charge on any atom is 0.154 e. The summed E-state index contributed by atoms with van der Waals surface area (Å²) in [5.74, 6) is 0.551. The van der Waals surface area contributed by atoms with Crippen LogP contribution in [0.25, 0.3) is 0 Å². The second-order valence-electron chi connectivity index (χ2n) is 5.85. The Morgan fingerprint density at radius 2 is 1.65 bits per heavy atom. The van der Waals surface area contributed by atoms with Crippen LogP contribution >= 0.6 is 11.8 Å². The van der Waals surface area contributed by atoms with E-state index in [9.17, 15) is 5.11 Å². The highest BCUT2D eigenvalue weighted by Gasteiger charge is 2.35. The predicted molar refractivity (Wildman–Crippen MR) is 110 cm³/mol. The summed E-state index contributed by atoms with van der Waals surface area (Å²) >= 11 is 1.74. The van der Waals surface area contributed by atoms with Crippen LogP contribution in [0.5, 0.6) is 0 Å². The number of aliphatic hydroxyl groups excluding tert-OH is 2. The first-order valence-corrected chi connectivity index (χ1v) is 10.7. The number of aliphatic hydroxyl groups is 2. The summed E-state index contributed by atoms with van der Waals surface area (Å²) in [6.07, 6.45) is 6.05. The van der Waals surface area contributed by atoms with Gasteiger partial charge in [-0.2, -0.15) is 17.0 Å². The van der Waals surface area contributed by atoms with Crippen molar-refractivity contribution < 1.29 is 19.7 Å². The van der Waals surface area contributed by atoms with Crippen LogP contribution in [0.3, 0.4) is 0 Å². The third-order valence-corrected chi connectivity index (χ3v) is 5.39. The maximum atomic E-state index is 9.56. The zero-order chi connectivity index (χ0) is 20.2. The van der Waals surface area contributed by atoms with E-state index in [-0.39, 0.29) is 12.2 Å². The molecule has 0 aromatic carbocycles. The minimum Gasteiger partial charge on any atom is -0.396 e. The molecule has 0 aromatic heterocycles. The molecule has 0 amide bonds. The average Bonchev–Trinajstić information content (AvgIpc) is 3.00. The van der Waals surface area contributed by atoms with Crippen molar-refractivity contribution in [1.82, 2.24) is 0 Å². The molecule has 0 radical (unpaired) electrons. The van der Waals surface area contributed by atoms with E-state index in [0.717, 1.165) is 45.3 Å². The molecular weight excluding hydrogens is 350 g/mol. The SMILES string of the molecule is C=C.CCOC(C)OCC.N#CC1C(O)CSC1CCCCCCCO. The molecular formula is C20H39NO4S. The van der Waals surface area contributed by atoms with Gasteiger partial charge in [-0.1, -0.05) is 25.7 Å². The summed E-state index contributed by atoms with van der Waals surface area (Å²) < 4.78 is 10.1. The number of thioether (sulfide) groups is 1. The average molecular weight is 390 g/mol.